The van der Waals surface area contributed by atoms with Crippen molar-refractivity contribution in [3.63, 3.8) is 0 Å². The second kappa shape index (κ2) is 7.11. The van der Waals surface area contributed by atoms with Gasteiger partial charge >= 0.3 is 12.0 Å². The molecule has 0 aromatic carbocycles. The molecule has 0 aromatic heterocycles. The molecule has 0 aliphatic carbocycles. The molecule has 2 amide bonds. The van der Waals surface area contributed by atoms with Gasteiger partial charge in [-0.15, -0.1) is 0 Å². The third-order valence-corrected chi connectivity index (χ3v) is 4.60. The van der Waals surface area contributed by atoms with E-state index < -0.39 is 5.97 Å². The second-order valence-electron chi connectivity index (χ2n) is 6.40. The lowest BCUT2D eigenvalue weighted by atomic mass is 10.0. The van der Waals surface area contributed by atoms with Gasteiger partial charge in [0.25, 0.3) is 0 Å². The lowest BCUT2D eigenvalue weighted by Gasteiger charge is -2.38. The molecule has 0 aromatic rings. The van der Waals surface area contributed by atoms with Crippen LogP contribution < -0.4 is 0 Å². The van der Waals surface area contributed by atoms with Crippen molar-refractivity contribution in [2.24, 2.45) is 5.92 Å². The predicted molar refractivity (Wildman–Crippen MR) is 80.2 cm³/mol. The highest BCUT2D eigenvalue weighted by Gasteiger charge is 2.34. The molecule has 2 aliphatic rings. The third kappa shape index (κ3) is 4.09. The van der Waals surface area contributed by atoms with E-state index in [1.54, 1.807) is 0 Å². The molecule has 2 fully saturated rings. The third-order valence-electron chi connectivity index (χ3n) is 4.60. The summed E-state index contributed by atoms with van der Waals surface area (Å²) in [5.74, 6) is -0.251. The largest absolute Gasteiger partial charge is 0.481 e. The summed E-state index contributed by atoms with van der Waals surface area (Å²) in [5, 5.41) is 8.71. The van der Waals surface area contributed by atoms with Crippen molar-refractivity contribution in [2.75, 3.05) is 39.3 Å². The number of nitrogens with zero attached hydrogens (tertiary/aromatic N) is 3. The Morgan fingerprint density at radius 1 is 1.14 bits per heavy atom. The van der Waals surface area contributed by atoms with Gasteiger partial charge in [0.2, 0.25) is 0 Å². The fraction of sp³-hybridized carbons (Fsp3) is 0.867. The SMILES string of the molecule is CC(C)C1CCCN1C(=O)N1CCN(CCC(=O)O)CC1. The summed E-state index contributed by atoms with van der Waals surface area (Å²) in [6.45, 7) is 8.79. The van der Waals surface area contributed by atoms with E-state index in [0.717, 1.165) is 32.5 Å². The van der Waals surface area contributed by atoms with Crippen molar-refractivity contribution in [3.05, 3.63) is 0 Å². The monoisotopic (exact) mass is 297 g/mol. The van der Waals surface area contributed by atoms with Gasteiger partial charge < -0.3 is 14.9 Å². The number of piperazine rings is 1. The topological polar surface area (TPSA) is 64.1 Å². The van der Waals surface area contributed by atoms with Gasteiger partial charge in [-0.05, 0) is 18.8 Å². The summed E-state index contributed by atoms with van der Waals surface area (Å²) in [4.78, 5) is 29.3. The van der Waals surface area contributed by atoms with Crippen LogP contribution in [0.25, 0.3) is 0 Å². The highest BCUT2D eigenvalue weighted by molar-refractivity contribution is 5.75. The Morgan fingerprint density at radius 2 is 1.81 bits per heavy atom. The number of carbonyl (C=O) groups excluding carboxylic acids is 1. The van der Waals surface area contributed by atoms with E-state index in [1.807, 2.05) is 9.80 Å². The van der Waals surface area contributed by atoms with Crippen molar-refractivity contribution in [2.45, 2.75) is 39.2 Å². The molecule has 0 radical (unpaired) electrons. The molecule has 1 atom stereocenters. The van der Waals surface area contributed by atoms with E-state index in [1.165, 1.54) is 0 Å². The molecule has 2 aliphatic heterocycles. The molecule has 0 saturated carbocycles. The molecule has 2 saturated heterocycles. The average Bonchev–Trinajstić information content (AvgIpc) is 2.94. The van der Waals surface area contributed by atoms with Crippen LogP contribution in [0.1, 0.15) is 33.1 Å². The Labute approximate surface area is 126 Å². The zero-order valence-electron chi connectivity index (χ0n) is 13.1. The van der Waals surface area contributed by atoms with Gasteiger partial charge in [-0.3, -0.25) is 9.69 Å². The minimum atomic E-state index is -0.759. The molecule has 6 nitrogen and oxygen atoms in total. The van der Waals surface area contributed by atoms with Crippen LogP contribution in [0.4, 0.5) is 4.79 Å². The number of carbonyl (C=O) groups is 2. The van der Waals surface area contributed by atoms with Crippen LogP contribution in [0, 0.1) is 5.92 Å². The molecule has 120 valence electrons. The first-order chi connectivity index (χ1) is 9.99. The molecule has 0 spiro atoms. The summed E-state index contributed by atoms with van der Waals surface area (Å²) in [6.07, 6.45) is 2.39. The van der Waals surface area contributed by atoms with Gasteiger partial charge in [-0.1, -0.05) is 13.8 Å². The molecule has 0 bridgehead atoms. The molecule has 2 heterocycles. The zero-order valence-corrected chi connectivity index (χ0v) is 13.1. The van der Waals surface area contributed by atoms with Gasteiger partial charge in [-0.25, -0.2) is 4.79 Å². The number of amides is 2. The average molecular weight is 297 g/mol. The summed E-state index contributed by atoms with van der Waals surface area (Å²) < 4.78 is 0. The quantitative estimate of drug-likeness (QED) is 0.850. The fourth-order valence-corrected chi connectivity index (χ4v) is 3.32. The standard InChI is InChI=1S/C15H27N3O3/c1-12(2)13-4-3-6-18(13)15(21)17-10-8-16(9-11-17)7-5-14(19)20/h12-13H,3-11H2,1-2H3,(H,19,20). The maximum atomic E-state index is 12.6. The normalized spacial score (nSPS) is 23.9. The molecular weight excluding hydrogens is 270 g/mol. The van der Waals surface area contributed by atoms with Crippen LogP contribution in [0.15, 0.2) is 0 Å². The molecule has 1 N–H and O–H groups in total. The van der Waals surface area contributed by atoms with Crippen LogP contribution in [-0.4, -0.2) is 77.1 Å². The Hall–Kier alpha value is -1.30. The Balaban J connectivity index is 1.81. The smallest absolute Gasteiger partial charge is 0.320 e. The molecule has 1 unspecified atom stereocenters. The predicted octanol–water partition coefficient (Wildman–Crippen LogP) is 1.32. The molecule has 2 rings (SSSR count). The fourth-order valence-electron chi connectivity index (χ4n) is 3.32. The van der Waals surface area contributed by atoms with Crippen LogP contribution in [0.2, 0.25) is 0 Å². The summed E-state index contributed by atoms with van der Waals surface area (Å²) in [7, 11) is 0. The molecule has 6 heteroatoms. The van der Waals surface area contributed by atoms with E-state index in [0.29, 0.717) is 31.6 Å². The lowest BCUT2D eigenvalue weighted by molar-refractivity contribution is -0.137. The Kier molecular flexibility index (Phi) is 5.45. The van der Waals surface area contributed by atoms with E-state index in [9.17, 15) is 9.59 Å². The molecular formula is C15H27N3O3. The van der Waals surface area contributed by atoms with E-state index >= 15 is 0 Å². The number of urea groups is 1. The number of carboxylic acid groups (broad SMARTS) is 1. The minimum Gasteiger partial charge on any atom is -0.481 e. The first kappa shape index (κ1) is 16.1. The van der Waals surface area contributed by atoms with Crippen molar-refractivity contribution >= 4 is 12.0 Å². The summed E-state index contributed by atoms with van der Waals surface area (Å²) >= 11 is 0. The maximum Gasteiger partial charge on any atom is 0.320 e. The number of hydrogen-bond acceptors (Lipinski definition) is 3. The number of rotatable bonds is 4. The second-order valence-corrected chi connectivity index (χ2v) is 6.40. The van der Waals surface area contributed by atoms with Crippen molar-refractivity contribution in [3.8, 4) is 0 Å². The van der Waals surface area contributed by atoms with Crippen molar-refractivity contribution in [1.29, 1.82) is 0 Å². The van der Waals surface area contributed by atoms with E-state index in [4.69, 9.17) is 5.11 Å². The van der Waals surface area contributed by atoms with Gasteiger partial charge in [0.1, 0.15) is 0 Å². The van der Waals surface area contributed by atoms with Crippen LogP contribution >= 0.6 is 0 Å². The van der Waals surface area contributed by atoms with Gasteiger partial charge in [0.05, 0.1) is 6.42 Å². The van der Waals surface area contributed by atoms with E-state index in [-0.39, 0.29) is 12.5 Å². The number of carboxylic acids is 1. The molecule has 21 heavy (non-hydrogen) atoms. The van der Waals surface area contributed by atoms with Gasteiger partial charge in [0.15, 0.2) is 0 Å². The Bertz CT molecular complexity index is 378. The van der Waals surface area contributed by atoms with Gasteiger partial charge in [0, 0.05) is 45.3 Å². The summed E-state index contributed by atoms with van der Waals surface area (Å²) in [5.41, 5.74) is 0. The Morgan fingerprint density at radius 3 is 2.38 bits per heavy atom. The number of aliphatic carboxylic acids is 1. The van der Waals surface area contributed by atoms with Crippen LogP contribution in [-0.2, 0) is 4.79 Å². The zero-order chi connectivity index (χ0) is 15.4. The highest BCUT2D eigenvalue weighted by Crippen LogP contribution is 2.25. The summed E-state index contributed by atoms with van der Waals surface area (Å²) in [6, 6.07) is 0.548. The first-order valence-electron chi connectivity index (χ1n) is 7.98. The first-order valence-corrected chi connectivity index (χ1v) is 7.98. The highest BCUT2D eigenvalue weighted by atomic mass is 16.4. The minimum absolute atomic E-state index is 0.170. The van der Waals surface area contributed by atoms with Crippen molar-refractivity contribution < 1.29 is 14.7 Å². The number of likely N-dealkylation sites (tertiary alicyclic amines) is 1. The maximum absolute atomic E-state index is 12.6. The van der Waals surface area contributed by atoms with E-state index in [2.05, 4.69) is 18.7 Å². The lowest BCUT2D eigenvalue weighted by Crippen LogP contribution is -2.54. The van der Waals surface area contributed by atoms with Crippen molar-refractivity contribution in [1.82, 2.24) is 14.7 Å². The van der Waals surface area contributed by atoms with Crippen LogP contribution in [0.3, 0.4) is 0 Å². The van der Waals surface area contributed by atoms with Gasteiger partial charge in [-0.2, -0.15) is 0 Å². The number of hydrogen-bond donors (Lipinski definition) is 1. The van der Waals surface area contributed by atoms with Crippen LogP contribution in [0.5, 0.6) is 0 Å².